The van der Waals surface area contributed by atoms with Crippen molar-refractivity contribution < 1.29 is 20.4 Å². The predicted molar refractivity (Wildman–Crippen MR) is 72.4 cm³/mol. The third-order valence-electron chi connectivity index (χ3n) is 5.63. The maximum atomic E-state index is 11.0. The summed E-state index contributed by atoms with van der Waals surface area (Å²) in [5.41, 5.74) is -1.81. The van der Waals surface area contributed by atoms with Gasteiger partial charge in [-0.3, -0.25) is 0 Å². The van der Waals surface area contributed by atoms with Gasteiger partial charge >= 0.3 is 0 Å². The molecular formula is C15H26O4. The number of fused-ring (bicyclic) bond motifs is 1. The van der Waals surface area contributed by atoms with Crippen LogP contribution in [0.2, 0.25) is 0 Å². The van der Waals surface area contributed by atoms with Crippen molar-refractivity contribution in [2.45, 2.75) is 51.7 Å². The molecule has 0 aromatic heterocycles. The third kappa shape index (κ3) is 1.88. The Hall–Kier alpha value is -0.420. The van der Waals surface area contributed by atoms with Gasteiger partial charge in [-0.05, 0) is 23.8 Å². The van der Waals surface area contributed by atoms with E-state index in [-0.39, 0.29) is 17.9 Å². The van der Waals surface area contributed by atoms with Gasteiger partial charge in [0.1, 0.15) is 5.60 Å². The summed E-state index contributed by atoms with van der Waals surface area (Å²) in [6.07, 6.45) is 3.54. The molecule has 2 aliphatic rings. The molecule has 2 aliphatic carbocycles. The average Bonchev–Trinajstić information content (AvgIpc) is 2.32. The molecule has 2 rings (SSSR count). The van der Waals surface area contributed by atoms with E-state index in [1.807, 2.05) is 6.92 Å². The summed E-state index contributed by atoms with van der Waals surface area (Å²) >= 11 is 0. The highest BCUT2D eigenvalue weighted by atomic mass is 16.3. The van der Waals surface area contributed by atoms with Crippen LogP contribution in [0.3, 0.4) is 0 Å². The van der Waals surface area contributed by atoms with Crippen molar-refractivity contribution in [1.82, 2.24) is 0 Å². The van der Waals surface area contributed by atoms with E-state index in [1.165, 1.54) is 6.08 Å². The van der Waals surface area contributed by atoms with Crippen LogP contribution >= 0.6 is 0 Å². The minimum atomic E-state index is -1.44. The SMILES string of the molecule is CC1(C)CCC[C@@]2(C)[C@H]1C(O)C=C(CO)[C@]2(O)CO. The Bertz CT molecular complexity index is 390. The zero-order valence-electron chi connectivity index (χ0n) is 12.1. The van der Waals surface area contributed by atoms with Crippen molar-refractivity contribution >= 4 is 0 Å². The number of hydrogen-bond donors (Lipinski definition) is 4. The molecule has 0 saturated heterocycles. The molecule has 0 aromatic carbocycles. The van der Waals surface area contributed by atoms with Crippen LogP contribution in [-0.4, -0.2) is 45.3 Å². The lowest BCUT2D eigenvalue weighted by Crippen LogP contribution is -2.64. The summed E-state index contributed by atoms with van der Waals surface area (Å²) in [7, 11) is 0. The van der Waals surface area contributed by atoms with Crippen molar-refractivity contribution in [3.05, 3.63) is 11.6 Å². The predicted octanol–water partition coefficient (Wildman–Crippen LogP) is 0.836. The quantitative estimate of drug-likeness (QED) is 0.560. The topological polar surface area (TPSA) is 80.9 Å². The van der Waals surface area contributed by atoms with Crippen LogP contribution in [-0.2, 0) is 0 Å². The minimum absolute atomic E-state index is 0.104. The molecule has 1 unspecified atom stereocenters. The first-order valence-electron chi connectivity index (χ1n) is 7.06. The van der Waals surface area contributed by atoms with Crippen LogP contribution in [0, 0.1) is 16.7 Å². The molecule has 0 aliphatic heterocycles. The van der Waals surface area contributed by atoms with Crippen molar-refractivity contribution in [1.29, 1.82) is 0 Å². The zero-order valence-corrected chi connectivity index (χ0v) is 12.1. The Morgan fingerprint density at radius 2 is 1.84 bits per heavy atom. The minimum Gasteiger partial charge on any atom is -0.393 e. The van der Waals surface area contributed by atoms with Crippen LogP contribution < -0.4 is 0 Å². The van der Waals surface area contributed by atoms with Crippen molar-refractivity contribution in [3.8, 4) is 0 Å². The van der Waals surface area contributed by atoms with Gasteiger partial charge in [-0.25, -0.2) is 0 Å². The molecule has 0 aromatic rings. The molecular weight excluding hydrogens is 244 g/mol. The normalized spacial score (nSPS) is 45.5. The smallest absolute Gasteiger partial charge is 0.117 e. The van der Waals surface area contributed by atoms with Crippen molar-refractivity contribution in [2.24, 2.45) is 16.7 Å². The summed E-state index contributed by atoms with van der Waals surface area (Å²) in [5, 5.41) is 40.6. The molecule has 4 N–H and O–H groups in total. The van der Waals surface area contributed by atoms with E-state index in [1.54, 1.807) is 0 Å². The number of aliphatic hydroxyl groups excluding tert-OH is 3. The van der Waals surface area contributed by atoms with Gasteiger partial charge in [-0.1, -0.05) is 33.3 Å². The lowest BCUT2D eigenvalue weighted by atomic mass is 9.46. The first kappa shape index (κ1) is 15.0. The molecule has 0 radical (unpaired) electrons. The van der Waals surface area contributed by atoms with Gasteiger partial charge in [0, 0.05) is 11.3 Å². The highest BCUT2D eigenvalue weighted by Gasteiger charge is 2.62. The molecule has 110 valence electrons. The highest BCUT2D eigenvalue weighted by molar-refractivity contribution is 5.31. The molecule has 19 heavy (non-hydrogen) atoms. The Morgan fingerprint density at radius 3 is 2.37 bits per heavy atom. The van der Waals surface area contributed by atoms with Crippen LogP contribution in [0.1, 0.15) is 40.0 Å². The van der Waals surface area contributed by atoms with Crippen LogP contribution in [0.5, 0.6) is 0 Å². The summed E-state index contributed by atoms with van der Waals surface area (Å²) in [6, 6.07) is 0. The Kier molecular flexibility index (Phi) is 3.59. The van der Waals surface area contributed by atoms with Gasteiger partial charge < -0.3 is 20.4 Å². The lowest BCUT2D eigenvalue weighted by molar-refractivity contribution is -0.188. The lowest BCUT2D eigenvalue weighted by Gasteiger charge is -2.61. The summed E-state index contributed by atoms with van der Waals surface area (Å²) in [4.78, 5) is 0. The second-order valence-corrected chi connectivity index (χ2v) is 7.10. The van der Waals surface area contributed by atoms with Crippen LogP contribution in [0.15, 0.2) is 11.6 Å². The zero-order chi connectivity index (χ0) is 14.5. The maximum Gasteiger partial charge on any atom is 0.117 e. The van der Waals surface area contributed by atoms with Gasteiger partial charge in [-0.15, -0.1) is 0 Å². The van der Waals surface area contributed by atoms with Gasteiger partial charge in [-0.2, -0.15) is 0 Å². The van der Waals surface area contributed by atoms with Gasteiger partial charge in [0.25, 0.3) is 0 Å². The number of rotatable bonds is 2. The van der Waals surface area contributed by atoms with E-state index in [0.717, 1.165) is 19.3 Å². The molecule has 0 bridgehead atoms. The molecule has 4 nitrogen and oxygen atoms in total. The van der Waals surface area contributed by atoms with E-state index in [0.29, 0.717) is 5.57 Å². The standard InChI is InChI=1S/C15H26O4/c1-13(2)5-4-6-14(3)12(13)11(18)7-10(8-16)15(14,19)9-17/h7,11-12,16-19H,4-6,8-9H2,1-3H3/t11?,12-,14-,15+/m0/s1. The number of hydrogen-bond acceptors (Lipinski definition) is 4. The second-order valence-electron chi connectivity index (χ2n) is 7.10. The Labute approximate surface area is 114 Å². The monoisotopic (exact) mass is 270 g/mol. The molecule has 1 fully saturated rings. The summed E-state index contributed by atoms with van der Waals surface area (Å²) in [5.74, 6) is -0.124. The van der Waals surface area contributed by atoms with E-state index < -0.39 is 23.7 Å². The first-order valence-corrected chi connectivity index (χ1v) is 7.06. The molecule has 0 amide bonds. The first-order chi connectivity index (χ1) is 8.73. The van der Waals surface area contributed by atoms with Crippen molar-refractivity contribution in [2.75, 3.05) is 13.2 Å². The highest BCUT2D eigenvalue weighted by Crippen LogP contribution is 2.60. The van der Waals surface area contributed by atoms with E-state index in [4.69, 9.17) is 0 Å². The van der Waals surface area contributed by atoms with Gasteiger partial charge in [0.05, 0.1) is 19.3 Å². The average molecular weight is 270 g/mol. The second kappa shape index (κ2) is 4.55. The molecule has 1 saturated carbocycles. The number of aliphatic hydroxyl groups is 4. The van der Waals surface area contributed by atoms with E-state index in [2.05, 4.69) is 13.8 Å². The van der Waals surface area contributed by atoms with Gasteiger partial charge in [0.2, 0.25) is 0 Å². The molecule has 4 atom stereocenters. The van der Waals surface area contributed by atoms with Crippen molar-refractivity contribution in [3.63, 3.8) is 0 Å². The van der Waals surface area contributed by atoms with Crippen LogP contribution in [0.25, 0.3) is 0 Å². The molecule has 0 heterocycles. The maximum absolute atomic E-state index is 11.0. The molecule has 4 heteroatoms. The Morgan fingerprint density at radius 1 is 1.21 bits per heavy atom. The fourth-order valence-corrected chi connectivity index (χ4v) is 4.66. The van der Waals surface area contributed by atoms with E-state index in [9.17, 15) is 20.4 Å². The van der Waals surface area contributed by atoms with E-state index >= 15 is 0 Å². The largest absolute Gasteiger partial charge is 0.393 e. The summed E-state index contributed by atoms with van der Waals surface area (Å²) in [6.45, 7) is 5.38. The summed E-state index contributed by atoms with van der Waals surface area (Å²) < 4.78 is 0. The third-order valence-corrected chi connectivity index (χ3v) is 5.63. The van der Waals surface area contributed by atoms with Gasteiger partial charge in [0.15, 0.2) is 0 Å². The fourth-order valence-electron chi connectivity index (χ4n) is 4.66. The van der Waals surface area contributed by atoms with Crippen LogP contribution in [0.4, 0.5) is 0 Å². The molecule has 0 spiro atoms. The fraction of sp³-hybridized carbons (Fsp3) is 0.867. The Balaban J connectivity index is 2.59.